The number of nitrogens with two attached hydrogens (primary N) is 1. The Morgan fingerprint density at radius 3 is 2.64 bits per heavy atom. The lowest BCUT2D eigenvalue weighted by atomic mass is 10.2. The van der Waals surface area contributed by atoms with Crippen LogP contribution in [0, 0.1) is 5.82 Å². The van der Waals surface area contributed by atoms with Crippen LogP contribution in [0.15, 0.2) is 18.2 Å². The van der Waals surface area contributed by atoms with Crippen LogP contribution in [0.1, 0.15) is 13.8 Å². The number of hydrogen-bond acceptors (Lipinski definition) is 2. The normalized spacial score (nSPS) is 14.9. The topological polar surface area (TPSA) is 35.2 Å². The minimum absolute atomic E-state index is 0.130. The maximum absolute atomic E-state index is 12.8. The van der Waals surface area contributed by atoms with Gasteiger partial charge in [-0.1, -0.05) is 11.6 Å². The minimum atomic E-state index is -0.374. The van der Waals surface area contributed by atoms with E-state index in [-0.39, 0.29) is 18.0 Å². The summed E-state index contributed by atoms with van der Waals surface area (Å²) in [6, 6.07) is 3.86. The fourth-order valence-electron chi connectivity index (χ4n) is 0.875. The maximum Gasteiger partial charge on any atom is 0.141 e. The molecule has 0 amide bonds. The summed E-state index contributed by atoms with van der Waals surface area (Å²) in [7, 11) is 0. The van der Waals surface area contributed by atoms with Gasteiger partial charge in [0.05, 0.1) is 5.02 Å². The third kappa shape index (κ3) is 2.86. The van der Waals surface area contributed by atoms with Crippen LogP contribution >= 0.6 is 11.6 Å². The molecule has 0 saturated carbocycles. The summed E-state index contributed by atoms with van der Waals surface area (Å²) in [4.78, 5) is 0. The fourth-order valence-corrected chi connectivity index (χ4v) is 1.04. The van der Waals surface area contributed by atoms with Gasteiger partial charge in [0, 0.05) is 12.1 Å². The van der Waals surface area contributed by atoms with Crippen LogP contribution in [0.3, 0.4) is 0 Å². The first kappa shape index (κ1) is 11.3. The van der Waals surface area contributed by atoms with Crippen molar-refractivity contribution in [1.29, 1.82) is 0 Å². The Morgan fingerprint density at radius 1 is 1.43 bits per heavy atom. The van der Waals surface area contributed by atoms with E-state index in [4.69, 9.17) is 22.1 Å². The van der Waals surface area contributed by atoms with Gasteiger partial charge in [0.15, 0.2) is 0 Å². The van der Waals surface area contributed by atoms with Crippen LogP contribution in [0.5, 0.6) is 5.75 Å². The van der Waals surface area contributed by atoms with Crippen LogP contribution < -0.4 is 10.5 Å². The van der Waals surface area contributed by atoms with E-state index < -0.39 is 0 Å². The molecular weight excluding hydrogens is 205 g/mol. The van der Waals surface area contributed by atoms with Crippen LogP contribution in [-0.2, 0) is 0 Å². The molecule has 0 heterocycles. The van der Waals surface area contributed by atoms with Crippen molar-refractivity contribution >= 4 is 11.6 Å². The highest BCUT2D eigenvalue weighted by atomic mass is 35.5. The van der Waals surface area contributed by atoms with Crippen molar-refractivity contribution in [2.24, 2.45) is 5.73 Å². The summed E-state index contributed by atoms with van der Waals surface area (Å²) in [6.07, 6.45) is -0.200. The van der Waals surface area contributed by atoms with E-state index in [1.807, 2.05) is 13.8 Å². The predicted molar refractivity (Wildman–Crippen MR) is 55.1 cm³/mol. The van der Waals surface area contributed by atoms with Gasteiger partial charge in [-0.05, 0) is 26.0 Å². The molecule has 0 aliphatic heterocycles. The highest BCUT2D eigenvalue weighted by Crippen LogP contribution is 2.26. The first-order chi connectivity index (χ1) is 6.50. The Hall–Kier alpha value is -0.800. The van der Waals surface area contributed by atoms with E-state index in [1.54, 1.807) is 0 Å². The van der Waals surface area contributed by atoms with Gasteiger partial charge in [-0.25, -0.2) is 4.39 Å². The summed E-state index contributed by atoms with van der Waals surface area (Å²) in [6.45, 7) is 3.63. The number of rotatable bonds is 3. The molecule has 0 spiro atoms. The second-order valence-corrected chi connectivity index (χ2v) is 3.66. The van der Waals surface area contributed by atoms with E-state index in [0.717, 1.165) is 0 Å². The van der Waals surface area contributed by atoms with Crippen molar-refractivity contribution in [2.45, 2.75) is 26.0 Å². The fraction of sp³-hybridized carbons (Fsp3) is 0.400. The number of halogens is 2. The molecule has 2 nitrogen and oxygen atoms in total. The molecule has 0 bridgehead atoms. The average Bonchev–Trinajstić information content (AvgIpc) is 2.11. The molecule has 0 aliphatic carbocycles. The van der Waals surface area contributed by atoms with Crippen molar-refractivity contribution in [3.8, 4) is 5.75 Å². The standard InChI is InChI=1S/C10H13ClFNO/c1-6(13)7(2)14-10-5-8(12)3-4-9(10)11/h3-7H,13H2,1-2H3/t6-,7?/m0/s1. The highest BCUT2D eigenvalue weighted by molar-refractivity contribution is 6.32. The quantitative estimate of drug-likeness (QED) is 0.845. The van der Waals surface area contributed by atoms with E-state index >= 15 is 0 Å². The first-order valence-corrected chi connectivity index (χ1v) is 4.76. The molecule has 2 atom stereocenters. The van der Waals surface area contributed by atoms with Gasteiger partial charge in [0.25, 0.3) is 0 Å². The van der Waals surface area contributed by atoms with Gasteiger partial charge in [0.2, 0.25) is 0 Å². The zero-order chi connectivity index (χ0) is 10.7. The van der Waals surface area contributed by atoms with Gasteiger partial charge < -0.3 is 10.5 Å². The second kappa shape index (κ2) is 4.62. The predicted octanol–water partition coefficient (Wildman–Crippen LogP) is 2.59. The molecule has 0 aromatic heterocycles. The summed E-state index contributed by atoms with van der Waals surface area (Å²) >= 11 is 5.81. The van der Waals surface area contributed by atoms with Crippen molar-refractivity contribution in [2.75, 3.05) is 0 Å². The zero-order valence-electron chi connectivity index (χ0n) is 8.13. The monoisotopic (exact) mass is 217 g/mol. The molecule has 1 unspecified atom stereocenters. The smallest absolute Gasteiger partial charge is 0.141 e. The molecule has 78 valence electrons. The number of ether oxygens (including phenoxy) is 1. The lowest BCUT2D eigenvalue weighted by molar-refractivity contribution is 0.196. The lowest BCUT2D eigenvalue weighted by Gasteiger charge is -2.18. The molecule has 2 N–H and O–H groups in total. The molecule has 1 aromatic rings. The summed E-state index contributed by atoms with van der Waals surface area (Å²) in [5, 5.41) is 0.388. The Bertz CT molecular complexity index is 317. The average molecular weight is 218 g/mol. The Balaban J connectivity index is 2.80. The van der Waals surface area contributed by atoms with Gasteiger partial charge in [-0.3, -0.25) is 0 Å². The van der Waals surface area contributed by atoms with Crippen molar-refractivity contribution in [3.05, 3.63) is 29.0 Å². The Labute approximate surface area is 87.8 Å². The van der Waals surface area contributed by atoms with Crippen LogP contribution in [0.25, 0.3) is 0 Å². The van der Waals surface area contributed by atoms with Crippen LogP contribution in [0.2, 0.25) is 5.02 Å². The summed E-state index contributed by atoms with van der Waals surface area (Å²) < 4.78 is 18.2. The van der Waals surface area contributed by atoms with E-state index in [2.05, 4.69) is 0 Å². The number of benzene rings is 1. The molecule has 1 aromatic carbocycles. The number of hydrogen-bond donors (Lipinski definition) is 1. The SMILES string of the molecule is CC(Oc1cc(F)ccc1Cl)[C@H](C)N. The molecule has 0 radical (unpaired) electrons. The molecule has 4 heteroatoms. The van der Waals surface area contributed by atoms with Gasteiger partial charge >= 0.3 is 0 Å². The van der Waals surface area contributed by atoms with Crippen molar-refractivity contribution < 1.29 is 9.13 Å². The van der Waals surface area contributed by atoms with Gasteiger partial charge in [-0.2, -0.15) is 0 Å². The summed E-state index contributed by atoms with van der Waals surface area (Å²) in [5.41, 5.74) is 5.61. The molecule has 1 rings (SSSR count). The van der Waals surface area contributed by atoms with Crippen molar-refractivity contribution in [1.82, 2.24) is 0 Å². The van der Waals surface area contributed by atoms with E-state index in [1.165, 1.54) is 18.2 Å². The molecular formula is C10H13ClFNO. The Kier molecular flexibility index (Phi) is 3.72. The third-order valence-corrected chi connectivity index (χ3v) is 2.26. The maximum atomic E-state index is 12.8. The Morgan fingerprint density at radius 2 is 2.07 bits per heavy atom. The summed E-state index contributed by atoms with van der Waals surface area (Å²) in [5.74, 6) is -0.0438. The zero-order valence-corrected chi connectivity index (χ0v) is 8.88. The molecule has 0 saturated heterocycles. The molecule has 14 heavy (non-hydrogen) atoms. The largest absolute Gasteiger partial charge is 0.487 e. The van der Waals surface area contributed by atoms with Crippen LogP contribution in [-0.4, -0.2) is 12.1 Å². The van der Waals surface area contributed by atoms with E-state index in [9.17, 15) is 4.39 Å². The van der Waals surface area contributed by atoms with Crippen molar-refractivity contribution in [3.63, 3.8) is 0 Å². The van der Waals surface area contributed by atoms with Crippen LogP contribution in [0.4, 0.5) is 4.39 Å². The molecule has 0 fully saturated rings. The molecule has 0 aliphatic rings. The second-order valence-electron chi connectivity index (χ2n) is 3.26. The third-order valence-electron chi connectivity index (χ3n) is 1.95. The highest BCUT2D eigenvalue weighted by Gasteiger charge is 2.11. The van der Waals surface area contributed by atoms with E-state index in [0.29, 0.717) is 10.8 Å². The lowest BCUT2D eigenvalue weighted by Crippen LogP contribution is -2.33. The minimum Gasteiger partial charge on any atom is -0.487 e. The van der Waals surface area contributed by atoms with Gasteiger partial charge in [0.1, 0.15) is 17.7 Å². The first-order valence-electron chi connectivity index (χ1n) is 4.38. The van der Waals surface area contributed by atoms with Gasteiger partial charge in [-0.15, -0.1) is 0 Å².